The van der Waals surface area contributed by atoms with Gasteiger partial charge in [-0.1, -0.05) is 83.1 Å². The number of oxazole rings is 2. The van der Waals surface area contributed by atoms with Gasteiger partial charge in [-0.3, -0.25) is 0 Å². The third-order valence-electron chi connectivity index (χ3n) is 4.19. The molecule has 0 aliphatic carbocycles. The van der Waals surface area contributed by atoms with Crippen molar-refractivity contribution in [2.45, 2.75) is 102 Å². The Morgan fingerprint density at radius 1 is 0.583 bits per heavy atom. The summed E-state index contributed by atoms with van der Waals surface area (Å²) in [6, 6.07) is 3.89. The van der Waals surface area contributed by atoms with E-state index < -0.39 is 0 Å². The molecule has 0 fully saturated rings. The van der Waals surface area contributed by atoms with Crippen LogP contribution in [-0.2, 0) is 0 Å². The lowest BCUT2D eigenvalue weighted by Crippen LogP contribution is -2.08. The summed E-state index contributed by atoms with van der Waals surface area (Å²) in [4.78, 5) is 11.8. The van der Waals surface area contributed by atoms with E-state index in [-0.39, 0.29) is 19.0 Å². The topological polar surface area (TPSA) is 52.1 Å². The minimum absolute atomic E-state index is 0.0352. The second-order valence-electron chi connectivity index (χ2n) is 12.7. The number of rotatable bonds is 6. The molecule has 198 valence electrons. The summed E-state index contributed by atoms with van der Waals surface area (Å²) in [6.45, 7) is 26.4. The molecule has 0 unspecified atom stereocenters. The van der Waals surface area contributed by atoms with Gasteiger partial charge >= 0.3 is 0 Å². The largest absolute Gasteiger partial charge is 0.435 e. The average Bonchev–Trinajstić information content (AvgIpc) is 3.26. The molecule has 0 bridgehead atoms. The van der Waals surface area contributed by atoms with Crippen LogP contribution >= 0.6 is 47.0 Å². The lowest BCUT2D eigenvalue weighted by molar-refractivity contribution is 0.578. The van der Waals surface area contributed by atoms with Crippen LogP contribution in [0.3, 0.4) is 0 Å². The highest BCUT2D eigenvalue weighted by Gasteiger charge is 2.24. The molecule has 4 nitrogen and oxygen atoms in total. The second-order valence-corrected chi connectivity index (χ2v) is 19.8. The van der Waals surface area contributed by atoms with Crippen LogP contribution in [0.1, 0.15) is 94.9 Å². The van der Waals surface area contributed by atoms with Crippen molar-refractivity contribution in [1.82, 2.24) is 9.97 Å². The Labute approximate surface area is 233 Å². The number of hydrogen-bond donors (Lipinski definition) is 0. The van der Waals surface area contributed by atoms with E-state index in [2.05, 4.69) is 93.9 Å². The predicted molar refractivity (Wildman–Crippen MR) is 167 cm³/mol. The molecule has 3 rings (SSSR count). The fraction of sp³-hybridized carbons (Fsp3) is 0.571. The van der Waals surface area contributed by atoms with Crippen molar-refractivity contribution >= 4 is 79.1 Å². The summed E-state index contributed by atoms with van der Waals surface area (Å²) in [5.74, 6) is 1.28. The number of benzene rings is 1. The predicted octanol–water partition coefficient (Wildman–Crippen LogP) is 10.7. The number of aromatic nitrogens is 2. The maximum atomic E-state index is 6.27. The van der Waals surface area contributed by atoms with Crippen LogP contribution in [0.25, 0.3) is 32.0 Å². The van der Waals surface area contributed by atoms with Crippen LogP contribution < -0.4 is 0 Å². The van der Waals surface area contributed by atoms with E-state index in [1.807, 2.05) is 12.1 Å². The molecule has 8 heteroatoms. The summed E-state index contributed by atoms with van der Waals surface area (Å²) in [5, 5.41) is 4.35. The Bertz CT molecular complexity index is 1130. The Balaban J connectivity index is 2.02. The lowest BCUT2D eigenvalue weighted by Gasteiger charge is -2.20. The Morgan fingerprint density at radius 3 is 1.25 bits per heavy atom. The summed E-state index contributed by atoms with van der Waals surface area (Å²) < 4.78 is 12.8. The van der Waals surface area contributed by atoms with Gasteiger partial charge in [0.05, 0.1) is 9.81 Å². The van der Waals surface area contributed by atoms with Crippen molar-refractivity contribution < 1.29 is 8.83 Å². The van der Waals surface area contributed by atoms with Gasteiger partial charge in [-0.25, -0.2) is 9.97 Å². The summed E-state index contributed by atoms with van der Waals surface area (Å²) >= 11 is 7.10. The van der Waals surface area contributed by atoms with Gasteiger partial charge in [0.1, 0.15) is 11.0 Å². The van der Waals surface area contributed by atoms with Gasteiger partial charge in [0, 0.05) is 25.1 Å². The van der Waals surface area contributed by atoms with Crippen LogP contribution in [0.2, 0.25) is 0 Å². The van der Waals surface area contributed by atoms with Gasteiger partial charge in [-0.05, 0) is 16.9 Å². The van der Waals surface area contributed by atoms with Crippen molar-refractivity contribution in [3.05, 3.63) is 34.7 Å². The van der Waals surface area contributed by atoms with Crippen molar-refractivity contribution in [2.24, 2.45) is 0 Å². The summed E-state index contributed by atoms with van der Waals surface area (Å²) in [7, 11) is 0. The number of nitrogens with zero attached hydrogens (tertiary/aromatic N) is 2. The minimum Gasteiger partial charge on any atom is -0.435 e. The fourth-order valence-electron chi connectivity index (χ4n) is 2.92. The third kappa shape index (κ3) is 9.10. The standard InChI is InChI=1S/C28H40N2O2S4/c1-25(2,3)33-15-21(35-27(7,8)9)23-29-17-13-18-20(14-19(17)31-23)32-24(30-18)22(36-28(10,11)12)16-34-26(4,5)6/h13-16H,1-12H3/b21-15-,22-16-. The molecular formula is C28H40N2O2S4. The molecule has 0 N–H and O–H groups in total. The zero-order chi connectivity index (χ0) is 27.1. The van der Waals surface area contributed by atoms with E-state index in [1.165, 1.54) is 0 Å². The first-order valence-corrected chi connectivity index (χ1v) is 15.5. The first kappa shape index (κ1) is 29.6. The van der Waals surface area contributed by atoms with Gasteiger partial charge < -0.3 is 8.83 Å². The quantitative estimate of drug-likeness (QED) is 0.293. The van der Waals surface area contributed by atoms with Crippen LogP contribution in [0.5, 0.6) is 0 Å². The highest BCUT2D eigenvalue weighted by Crippen LogP contribution is 2.43. The molecule has 0 amide bonds. The highest BCUT2D eigenvalue weighted by molar-refractivity contribution is 8.12. The van der Waals surface area contributed by atoms with E-state index in [0.717, 1.165) is 20.8 Å². The van der Waals surface area contributed by atoms with Gasteiger partial charge in [0.2, 0.25) is 11.8 Å². The van der Waals surface area contributed by atoms with E-state index in [1.54, 1.807) is 47.0 Å². The Morgan fingerprint density at radius 2 is 0.944 bits per heavy atom. The maximum absolute atomic E-state index is 6.27. The van der Waals surface area contributed by atoms with Gasteiger partial charge in [0.25, 0.3) is 0 Å². The van der Waals surface area contributed by atoms with Gasteiger partial charge in [-0.2, -0.15) is 0 Å². The number of hydrogen-bond acceptors (Lipinski definition) is 8. The summed E-state index contributed by atoms with van der Waals surface area (Å²) in [5.41, 5.74) is 2.99. The molecule has 0 saturated heterocycles. The highest BCUT2D eigenvalue weighted by atomic mass is 32.2. The zero-order valence-electron chi connectivity index (χ0n) is 23.7. The molecule has 36 heavy (non-hydrogen) atoms. The van der Waals surface area contributed by atoms with E-state index >= 15 is 0 Å². The van der Waals surface area contributed by atoms with Crippen molar-refractivity contribution in [2.75, 3.05) is 0 Å². The molecule has 0 aliphatic rings. The molecule has 0 aliphatic heterocycles. The Kier molecular flexibility index (Phi) is 8.76. The number of thioether (sulfide) groups is 4. The van der Waals surface area contributed by atoms with Crippen molar-refractivity contribution in [3.63, 3.8) is 0 Å². The third-order valence-corrected chi connectivity index (χ3v) is 8.86. The first-order chi connectivity index (χ1) is 16.3. The maximum Gasteiger partial charge on any atom is 0.234 e. The fourth-order valence-corrected chi connectivity index (χ4v) is 6.38. The van der Waals surface area contributed by atoms with E-state index in [9.17, 15) is 0 Å². The average molecular weight is 565 g/mol. The summed E-state index contributed by atoms with van der Waals surface area (Å²) in [6.07, 6.45) is 0. The van der Waals surface area contributed by atoms with Crippen LogP contribution in [0.15, 0.2) is 31.8 Å². The van der Waals surface area contributed by atoms with Crippen molar-refractivity contribution in [1.29, 1.82) is 0 Å². The van der Waals surface area contributed by atoms with Crippen molar-refractivity contribution in [3.8, 4) is 0 Å². The molecule has 2 heterocycles. The molecule has 1 aromatic carbocycles. The minimum atomic E-state index is 0.0352. The molecule has 0 spiro atoms. The van der Waals surface area contributed by atoms with Crippen LogP contribution in [0.4, 0.5) is 0 Å². The molecule has 0 saturated carbocycles. The van der Waals surface area contributed by atoms with Crippen LogP contribution in [-0.4, -0.2) is 29.0 Å². The second kappa shape index (κ2) is 10.7. The van der Waals surface area contributed by atoms with Crippen LogP contribution in [0, 0.1) is 0 Å². The molecule has 3 aromatic rings. The monoisotopic (exact) mass is 564 g/mol. The van der Waals surface area contributed by atoms with E-state index in [4.69, 9.17) is 18.8 Å². The van der Waals surface area contributed by atoms with Gasteiger partial charge in [-0.15, -0.1) is 47.0 Å². The Hall–Kier alpha value is -0.960. The molecule has 0 atom stereocenters. The molecule has 2 aromatic heterocycles. The normalized spacial score (nSPS) is 14.9. The molecular weight excluding hydrogens is 525 g/mol. The zero-order valence-corrected chi connectivity index (χ0v) is 26.9. The first-order valence-electron chi connectivity index (χ1n) is 12.1. The van der Waals surface area contributed by atoms with Gasteiger partial charge in [0.15, 0.2) is 11.2 Å². The lowest BCUT2D eigenvalue weighted by atomic mass is 10.3. The SMILES string of the molecule is CC(C)(C)S/C=C(\SC(C)(C)C)c1nc2cc3nc(/C(=C/SC(C)(C)C)SC(C)(C)C)oc3cc2o1. The number of fused-ring (bicyclic) bond motifs is 2. The molecule has 0 radical (unpaired) electrons. The van der Waals surface area contributed by atoms with E-state index in [0.29, 0.717) is 22.9 Å². The smallest absolute Gasteiger partial charge is 0.234 e.